The Hall–Kier alpha value is -1.29. The summed E-state index contributed by atoms with van der Waals surface area (Å²) < 4.78 is 11.1. The van der Waals surface area contributed by atoms with Gasteiger partial charge in [-0.25, -0.2) is 0 Å². The summed E-state index contributed by atoms with van der Waals surface area (Å²) in [4.78, 5) is 11.7. The summed E-state index contributed by atoms with van der Waals surface area (Å²) in [7, 11) is 1.63. The number of nitrogens with one attached hydrogen (secondary N) is 1. The number of methoxy groups -OCH3 is 1. The maximum Gasteiger partial charge on any atom is 0.223 e. The minimum absolute atomic E-state index is 0.00294. The van der Waals surface area contributed by atoms with Gasteiger partial charge in [0.1, 0.15) is 5.76 Å². The molecular formula is C13H19NO3. The quantitative estimate of drug-likeness (QED) is 0.858. The third-order valence-corrected chi connectivity index (χ3v) is 3.53. The predicted molar refractivity (Wildman–Crippen MR) is 63.4 cm³/mol. The first kappa shape index (κ1) is 12.2. The van der Waals surface area contributed by atoms with E-state index in [0.29, 0.717) is 6.42 Å². The van der Waals surface area contributed by atoms with Gasteiger partial charge >= 0.3 is 0 Å². The fourth-order valence-electron chi connectivity index (χ4n) is 2.67. The summed E-state index contributed by atoms with van der Waals surface area (Å²) in [6, 6.07) is 3.73. The second-order valence-electron chi connectivity index (χ2n) is 5.51. The van der Waals surface area contributed by atoms with Crippen LogP contribution in [-0.4, -0.2) is 18.7 Å². The number of carbonyl (C=O) groups excluding carboxylic acids is 1. The van der Waals surface area contributed by atoms with Gasteiger partial charge in [0.2, 0.25) is 5.91 Å². The number of furan rings is 1. The number of ether oxygens (including phenoxy) is 1. The van der Waals surface area contributed by atoms with Crippen LogP contribution in [0.1, 0.15) is 38.9 Å². The molecule has 0 bridgehead atoms. The van der Waals surface area contributed by atoms with Crippen molar-refractivity contribution < 1.29 is 13.9 Å². The largest absolute Gasteiger partial charge is 0.469 e. The van der Waals surface area contributed by atoms with E-state index in [2.05, 4.69) is 26.1 Å². The molecule has 1 saturated heterocycles. The molecule has 1 aliphatic rings. The predicted octanol–water partition coefficient (Wildman–Crippen LogP) is 2.27. The SMILES string of the molecule is CO[C@]1(C(C)(C)C)NC(=O)C[C@H]1c1ccco1. The average Bonchev–Trinajstić information content (AvgIpc) is 2.82. The Morgan fingerprint density at radius 1 is 1.53 bits per heavy atom. The van der Waals surface area contributed by atoms with E-state index in [4.69, 9.17) is 9.15 Å². The summed E-state index contributed by atoms with van der Waals surface area (Å²) in [6.07, 6.45) is 2.03. The van der Waals surface area contributed by atoms with Crippen LogP contribution in [0.4, 0.5) is 0 Å². The zero-order valence-corrected chi connectivity index (χ0v) is 10.7. The molecule has 0 unspecified atom stereocenters. The lowest BCUT2D eigenvalue weighted by molar-refractivity contribution is -0.137. The third kappa shape index (κ3) is 1.76. The molecule has 1 aliphatic heterocycles. The van der Waals surface area contributed by atoms with Gasteiger partial charge in [-0.2, -0.15) is 0 Å². The fourth-order valence-corrected chi connectivity index (χ4v) is 2.67. The summed E-state index contributed by atoms with van der Waals surface area (Å²) in [6.45, 7) is 6.16. The molecule has 4 heteroatoms. The van der Waals surface area contributed by atoms with Crippen LogP contribution in [0.5, 0.6) is 0 Å². The molecule has 1 aromatic rings. The highest BCUT2D eigenvalue weighted by molar-refractivity contribution is 5.81. The van der Waals surface area contributed by atoms with Gasteiger partial charge < -0.3 is 14.5 Å². The lowest BCUT2D eigenvalue weighted by atomic mass is 9.75. The second-order valence-corrected chi connectivity index (χ2v) is 5.51. The smallest absolute Gasteiger partial charge is 0.223 e. The van der Waals surface area contributed by atoms with E-state index in [-0.39, 0.29) is 17.2 Å². The third-order valence-electron chi connectivity index (χ3n) is 3.53. The van der Waals surface area contributed by atoms with Gasteiger partial charge in [0.15, 0.2) is 5.72 Å². The van der Waals surface area contributed by atoms with E-state index in [1.54, 1.807) is 13.4 Å². The number of rotatable bonds is 2. The van der Waals surface area contributed by atoms with Crippen molar-refractivity contribution in [1.82, 2.24) is 5.32 Å². The first-order valence-electron chi connectivity index (χ1n) is 5.80. The number of hydrogen-bond donors (Lipinski definition) is 1. The first-order chi connectivity index (χ1) is 7.90. The molecule has 0 aliphatic carbocycles. The van der Waals surface area contributed by atoms with E-state index in [1.165, 1.54) is 0 Å². The monoisotopic (exact) mass is 237 g/mol. The van der Waals surface area contributed by atoms with Crippen molar-refractivity contribution in [2.75, 3.05) is 7.11 Å². The van der Waals surface area contributed by atoms with Crippen LogP contribution in [0.25, 0.3) is 0 Å². The zero-order chi connectivity index (χ0) is 12.7. The van der Waals surface area contributed by atoms with Crippen LogP contribution in [0.2, 0.25) is 0 Å². The Labute approximate surface area is 101 Å². The van der Waals surface area contributed by atoms with E-state index in [1.807, 2.05) is 12.1 Å². The number of hydrogen-bond acceptors (Lipinski definition) is 3. The molecule has 2 atom stereocenters. The van der Waals surface area contributed by atoms with Gasteiger partial charge in [0.05, 0.1) is 12.2 Å². The molecule has 0 spiro atoms. The highest BCUT2D eigenvalue weighted by Gasteiger charge is 2.56. The average molecular weight is 237 g/mol. The number of carbonyl (C=O) groups is 1. The Kier molecular flexibility index (Phi) is 2.78. The van der Waals surface area contributed by atoms with Crippen molar-refractivity contribution in [2.45, 2.75) is 38.8 Å². The fraction of sp³-hybridized carbons (Fsp3) is 0.615. The van der Waals surface area contributed by atoms with Gasteiger partial charge in [0.25, 0.3) is 0 Å². The Bertz CT molecular complexity index is 405. The van der Waals surface area contributed by atoms with Crippen LogP contribution in [0.3, 0.4) is 0 Å². The van der Waals surface area contributed by atoms with E-state index >= 15 is 0 Å². The minimum atomic E-state index is -0.706. The van der Waals surface area contributed by atoms with E-state index in [9.17, 15) is 4.79 Å². The van der Waals surface area contributed by atoms with Crippen molar-refractivity contribution in [1.29, 1.82) is 0 Å². The van der Waals surface area contributed by atoms with Gasteiger partial charge in [-0.05, 0) is 12.1 Å². The van der Waals surface area contributed by atoms with Gasteiger partial charge in [0, 0.05) is 18.9 Å². The van der Waals surface area contributed by atoms with Crippen molar-refractivity contribution in [3.05, 3.63) is 24.2 Å². The maximum absolute atomic E-state index is 11.7. The Morgan fingerprint density at radius 2 is 2.24 bits per heavy atom. The Morgan fingerprint density at radius 3 is 2.71 bits per heavy atom. The van der Waals surface area contributed by atoms with Crippen LogP contribution in [-0.2, 0) is 9.53 Å². The molecule has 1 aromatic heterocycles. The van der Waals surface area contributed by atoms with Crippen LogP contribution in [0, 0.1) is 5.41 Å². The molecular weight excluding hydrogens is 218 g/mol. The Balaban J connectivity index is 2.46. The molecule has 0 aromatic carbocycles. The van der Waals surface area contributed by atoms with Crippen LogP contribution in [0.15, 0.2) is 22.8 Å². The normalized spacial score (nSPS) is 29.4. The lowest BCUT2D eigenvalue weighted by Gasteiger charge is -2.43. The van der Waals surface area contributed by atoms with Gasteiger partial charge in [-0.1, -0.05) is 20.8 Å². The molecule has 1 fully saturated rings. The standard InChI is InChI=1S/C13H19NO3/c1-12(2,3)13(16-4)9(8-11(15)14-13)10-6-5-7-17-10/h5-7,9H,8H2,1-4H3,(H,14,15)/t9-,13+/m0/s1. The highest BCUT2D eigenvalue weighted by Crippen LogP contribution is 2.47. The van der Waals surface area contributed by atoms with Gasteiger partial charge in [-0.3, -0.25) is 4.79 Å². The highest BCUT2D eigenvalue weighted by atomic mass is 16.5. The molecule has 2 rings (SSSR count). The van der Waals surface area contributed by atoms with Crippen molar-refractivity contribution in [2.24, 2.45) is 5.41 Å². The lowest BCUT2D eigenvalue weighted by Crippen LogP contribution is -2.56. The van der Waals surface area contributed by atoms with Crippen molar-refractivity contribution >= 4 is 5.91 Å². The molecule has 4 nitrogen and oxygen atoms in total. The summed E-state index contributed by atoms with van der Waals surface area (Å²) in [5.41, 5.74) is -0.923. The summed E-state index contributed by atoms with van der Waals surface area (Å²) in [5.74, 6) is 0.707. The van der Waals surface area contributed by atoms with Gasteiger partial charge in [-0.15, -0.1) is 0 Å². The van der Waals surface area contributed by atoms with Crippen LogP contribution < -0.4 is 5.32 Å². The van der Waals surface area contributed by atoms with Crippen LogP contribution >= 0.6 is 0 Å². The van der Waals surface area contributed by atoms with E-state index in [0.717, 1.165) is 5.76 Å². The number of amides is 1. The zero-order valence-electron chi connectivity index (χ0n) is 10.7. The topological polar surface area (TPSA) is 51.5 Å². The maximum atomic E-state index is 11.7. The molecule has 1 N–H and O–H groups in total. The molecule has 1 amide bonds. The summed E-state index contributed by atoms with van der Waals surface area (Å²) >= 11 is 0. The minimum Gasteiger partial charge on any atom is -0.469 e. The first-order valence-corrected chi connectivity index (χ1v) is 5.80. The second kappa shape index (κ2) is 3.88. The summed E-state index contributed by atoms with van der Waals surface area (Å²) in [5, 5.41) is 2.97. The van der Waals surface area contributed by atoms with Crippen molar-refractivity contribution in [3.8, 4) is 0 Å². The molecule has 0 radical (unpaired) electrons. The van der Waals surface area contributed by atoms with Crippen molar-refractivity contribution in [3.63, 3.8) is 0 Å². The molecule has 17 heavy (non-hydrogen) atoms. The molecule has 94 valence electrons. The molecule has 2 heterocycles. The molecule has 0 saturated carbocycles. The van der Waals surface area contributed by atoms with E-state index < -0.39 is 5.72 Å².